The summed E-state index contributed by atoms with van der Waals surface area (Å²) in [5, 5.41) is 0. The zero-order valence-corrected chi connectivity index (χ0v) is 11.3. The van der Waals surface area contributed by atoms with Crippen molar-refractivity contribution in [2.75, 3.05) is 34.5 Å². The van der Waals surface area contributed by atoms with Crippen LogP contribution in [0.2, 0.25) is 0 Å². The van der Waals surface area contributed by atoms with Crippen LogP contribution in [0.3, 0.4) is 0 Å². The van der Waals surface area contributed by atoms with Crippen LogP contribution in [-0.2, 0) is 22.8 Å². The average molecular weight is 248 g/mol. The van der Waals surface area contributed by atoms with E-state index < -0.39 is 8.80 Å². The number of allylic oxidation sites excluding steroid dienone is 1. The summed E-state index contributed by atoms with van der Waals surface area (Å²) in [5.41, 5.74) is -0.290. The molecule has 1 aliphatic rings. The quantitative estimate of drug-likeness (QED) is 0.361. The highest BCUT2D eigenvalue weighted by atomic mass is 28.4. The molecule has 2 atom stereocenters. The van der Waals surface area contributed by atoms with Crippen molar-refractivity contribution >= 4 is 8.80 Å². The highest BCUT2D eigenvalue weighted by molar-refractivity contribution is 6.62. The lowest BCUT2D eigenvalue weighted by Crippen LogP contribution is -2.55. The van der Waals surface area contributed by atoms with E-state index >= 15 is 0 Å². The monoisotopic (exact) mass is 248 g/mol. The Morgan fingerprint density at radius 1 is 1.31 bits per heavy atom. The molecule has 1 saturated heterocycles. The molecule has 1 aliphatic heterocycles. The van der Waals surface area contributed by atoms with Crippen LogP contribution in [-0.4, -0.2) is 55.2 Å². The molecule has 0 radical (unpaired) electrons. The summed E-state index contributed by atoms with van der Waals surface area (Å²) in [7, 11) is 1.96. The second-order valence-electron chi connectivity index (χ2n) is 3.45. The summed E-state index contributed by atoms with van der Waals surface area (Å²) in [6.45, 7) is 3.23. The normalized spacial score (nSPS) is 22.6. The van der Waals surface area contributed by atoms with Gasteiger partial charge in [-0.25, -0.2) is 0 Å². The van der Waals surface area contributed by atoms with E-state index in [9.17, 15) is 0 Å². The van der Waals surface area contributed by atoms with Crippen LogP contribution in [0, 0.1) is 0 Å². The average Bonchev–Trinajstić information content (AvgIpc) is 3.12. The summed E-state index contributed by atoms with van der Waals surface area (Å²) in [6.07, 6.45) is 4.01. The fourth-order valence-electron chi connectivity index (χ4n) is 1.42. The maximum Gasteiger partial charge on any atom is 0.534 e. The zero-order chi connectivity index (χ0) is 12.0. The fraction of sp³-hybridized carbons (Fsp3) is 0.800. The summed E-state index contributed by atoms with van der Waals surface area (Å²) < 4.78 is 27.0. The minimum absolute atomic E-state index is 0.213. The molecule has 0 aromatic rings. The van der Waals surface area contributed by atoms with Gasteiger partial charge in [-0.05, 0) is 6.92 Å². The van der Waals surface area contributed by atoms with Crippen LogP contribution in [0.15, 0.2) is 12.2 Å². The van der Waals surface area contributed by atoms with Gasteiger partial charge in [-0.15, -0.1) is 0 Å². The molecular formula is C10H20O5Si. The van der Waals surface area contributed by atoms with Gasteiger partial charge in [0.1, 0.15) is 11.8 Å². The molecule has 0 amide bonds. The third-order valence-electron chi connectivity index (χ3n) is 2.43. The smallest absolute Gasteiger partial charge is 0.375 e. The Balaban J connectivity index is 2.62. The van der Waals surface area contributed by atoms with E-state index in [1.54, 1.807) is 21.3 Å². The van der Waals surface area contributed by atoms with Crippen molar-refractivity contribution in [3.8, 4) is 0 Å². The Morgan fingerprint density at radius 3 is 2.25 bits per heavy atom. The number of hydrogen-bond donors (Lipinski definition) is 0. The zero-order valence-electron chi connectivity index (χ0n) is 10.3. The van der Waals surface area contributed by atoms with Crippen molar-refractivity contribution in [3.63, 3.8) is 0 Å². The molecule has 1 rings (SSSR count). The van der Waals surface area contributed by atoms with Gasteiger partial charge in [0.15, 0.2) is 0 Å². The fourth-order valence-corrected chi connectivity index (χ4v) is 3.35. The number of hydrogen-bond acceptors (Lipinski definition) is 5. The van der Waals surface area contributed by atoms with Gasteiger partial charge in [0.05, 0.1) is 13.2 Å². The van der Waals surface area contributed by atoms with Crippen LogP contribution >= 0.6 is 0 Å². The van der Waals surface area contributed by atoms with E-state index in [-0.39, 0.29) is 11.8 Å². The molecule has 1 heterocycles. The van der Waals surface area contributed by atoms with Gasteiger partial charge < -0.3 is 22.8 Å². The summed E-state index contributed by atoms with van der Waals surface area (Å²) in [6, 6.07) is 0. The first kappa shape index (κ1) is 13.8. The van der Waals surface area contributed by atoms with Crippen molar-refractivity contribution in [2.24, 2.45) is 0 Å². The Morgan fingerprint density at radius 2 is 1.88 bits per heavy atom. The number of epoxide rings is 1. The molecular weight excluding hydrogens is 228 g/mol. The van der Waals surface area contributed by atoms with Gasteiger partial charge in [-0.3, -0.25) is 0 Å². The van der Waals surface area contributed by atoms with E-state index in [0.717, 1.165) is 6.61 Å². The largest absolute Gasteiger partial charge is 0.534 e. The topological polar surface area (TPSA) is 49.5 Å². The van der Waals surface area contributed by atoms with Crippen molar-refractivity contribution < 1.29 is 22.8 Å². The summed E-state index contributed by atoms with van der Waals surface area (Å²) in [5.74, 6) is 0. The Kier molecular flexibility index (Phi) is 5.60. The van der Waals surface area contributed by atoms with Crippen LogP contribution in [0.25, 0.3) is 0 Å². The number of ether oxygens (including phenoxy) is 2. The van der Waals surface area contributed by atoms with Gasteiger partial charge in [-0.1, -0.05) is 12.2 Å². The Labute approximate surface area is 97.6 Å². The maximum absolute atomic E-state index is 5.72. The summed E-state index contributed by atoms with van der Waals surface area (Å²) >= 11 is 0. The van der Waals surface area contributed by atoms with E-state index in [2.05, 4.69) is 0 Å². The molecule has 16 heavy (non-hydrogen) atoms. The molecule has 0 aliphatic carbocycles. The van der Waals surface area contributed by atoms with E-state index in [1.807, 2.05) is 19.1 Å². The molecule has 6 heteroatoms. The first-order valence-electron chi connectivity index (χ1n) is 5.24. The van der Waals surface area contributed by atoms with Gasteiger partial charge in [0.25, 0.3) is 0 Å². The van der Waals surface area contributed by atoms with Gasteiger partial charge >= 0.3 is 8.80 Å². The van der Waals surface area contributed by atoms with Crippen LogP contribution in [0.1, 0.15) is 6.92 Å². The maximum atomic E-state index is 5.72. The predicted octanol–water partition coefficient (Wildman–Crippen LogP) is 0.764. The molecule has 0 aromatic carbocycles. The van der Waals surface area contributed by atoms with Gasteiger partial charge in [-0.2, -0.15) is 0 Å². The third-order valence-corrected chi connectivity index (χ3v) is 5.20. The first-order chi connectivity index (χ1) is 7.72. The molecule has 2 unspecified atom stereocenters. The van der Waals surface area contributed by atoms with Crippen molar-refractivity contribution in [3.05, 3.63) is 12.2 Å². The Hall–Kier alpha value is -0.243. The lowest BCUT2D eigenvalue weighted by atomic mass is 10.5. The minimum atomic E-state index is -2.77. The second kappa shape index (κ2) is 6.48. The lowest BCUT2D eigenvalue weighted by molar-refractivity contribution is 0.0278. The number of rotatable bonds is 8. The van der Waals surface area contributed by atoms with Crippen molar-refractivity contribution in [1.29, 1.82) is 0 Å². The molecule has 1 fully saturated rings. The first-order valence-corrected chi connectivity index (χ1v) is 7.04. The highest BCUT2D eigenvalue weighted by Crippen LogP contribution is 2.19. The van der Waals surface area contributed by atoms with E-state index in [0.29, 0.717) is 6.61 Å². The van der Waals surface area contributed by atoms with Gasteiger partial charge in [0, 0.05) is 21.3 Å². The molecule has 5 nitrogen and oxygen atoms in total. The van der Waals surface area contributed by atoms with Crippen LogP contribution < -0.4 is 0 Å². The molecule has 0 N–H and O–H groups in total. The second-order valence-corrected chi connectivity index (χ2v) is 6.45. The van der Waals surface area contributed by atoms with Crippen molar-refractivity contribution in [1.82, 2.24) is 0 Å². The van der Waals surface area contributed by atoms with Crippen LogP contribution in [0.5, 0.6) is 0 Å². The minimum Gasteiger partial charge on any atom is -0.375 e. The summed E-state index contributed by atoms with van der Waals surface area (Å²) in [4.78, 5) is 0. The molecule has 0 bridgehead atoms. The molecule has 0 spiro atoms. The SMILES string of the molecule is C/C=C/C(OCC1CO1)[Si](OC)(OC)OC. The Bertz CT molecular complexity index is 217. The van der Waals surface area contributed by atoms with Crippen LogP contribution in [0.4, 0.5) is 0 Å². The van der Waals surface area contributed by atoms with Crippen molar-refractivity contribution in [2.45, 2.75) is 18.8 Å². The lowest BCUT2D eigenvalue weighted by Gasteiger charge is -2.30. The highest BCUT2D eigenvalue weighted by Gasteiger charge is 2.48. The molecule has 0 saturated carbocycles. The van der Waals surface area contributed by atoms with E-state index in [1.165, 1.54) is 0 Å². The molecule has 0 aromatic heterocycles. The molecule has 94 valence electrons. The standard InChI is InChI=1S/C10H20O5Si/c1-5-6-10(15-8-9-7-14-9)16(11-2,12-3)13-4/h5-6,9-10H,7-8H2,1-4H3/b6-5+. The third kappa shape index (κ3) is 3.37. The van der Waals surface area contributed by atoms with Gasteiger partial charge in [0.2, 0.25) is 0 Å². The van der Waals surface area contributed by atoms with E-state index in [4.69, 9.17) is 22.8 Å². The predicted molar refractivity (Wildman–Crippen MR) is 61.1 cm³/mol.